The van der Waals surface area contributed by atoms with Crippen LogP contribution in [0.4, 0.5) is 0 Å². The number of hydrogen-bond acceptors (Lipinski definition) is 3. The first-order chi connectivity index (χ1) is 4.88. The predicted octanol–water partition coefficient (Wildman–Crippen LogP) is -0.579. The molecule has 2 heterocycles. The number of rotatable bonds is 0. The lowest BCUT2D eigenvalue weighted by molar-refractivity contribution is -0.139. The Bertz CT molecular complexity index is 134. The van der Waals surface area contributed by atoms with Gasteiger partial charge in [-0.25, -0.2) is 0 Å². The quantitative estimate of drug-likeness (QED) is 0.490. The van der Waals surface area contributed by atoms with Crippen LogP contribution >= 0.6 is 0 Å². The molecule has 0 amide bonds. The fraction of sp³-hybridized carbons (Fsp3) is 0.857. The maximum absolute atomic E-state index is 11.3. The van der Waals surface area contributed by atoms with Gasteiger partial charge < -0.3 is 10.1 Å². The molecule has 0 aromatic heterocycles. The third kappa shape index (κ3) is 0.859. The summed E-state index contributed by atoms with van der Waals surface area (Å²) in [4.78, 5) is 11.3. The molecule has 2 aliphatic heterocycles. The van der Waals surface area contributed by atoms with E-state index >= 15 is 0 Å². The molecule has 56 valence electrons. The van der Waals surface area contributed by atoms with Gasteiger partial charge in [0.15, 0.2) is 0 Å². The summed E-state index contributed by atoms with van der Waals surface area (Å²) in [6, 6.07) is 0. The van der Waals surface area contributed by atoms with Crippen molar-refractivity contribution >= 4 is 5.78 Å². The first kappa shape index (κ1) is 6.31. The first-order valence-electron chi connectivity index (χ1n) is 3.70. The minimum atomic E-state index is 0.146. The number of fused-ring (bicyclic) bond motifs is 2. The number of nitrogens with one attached hydrogen (secondary N) is 1. The van der Waals surface area contributed by atoms with Crippen LogP contribution in [0, 0.1) is 11.8 Å². The van der Waals surface area contributed by atoms with Gasteiger partial charge in [0.25, 0.3) is 0 Å². The molecule has 3 heteroatoms. The zero-order valence-electron chi connectivity index (χ0n) is 5.80. The Hall–Kier alpha value is -0.410. The van der Waals surface area contributed by atoms with Crippen molar-refractivity contribution in [2.75, 3.05) is 26.3 Å². The van der Waals surface area contributed by atoms with E-state index in [4.69, 9.17) is 4.74 Å². The van der Waals surface area contributed by atoms with Crippen LogP contribution in [0.1, 0.15) is 0 Å². The maximum Gasteiger partial charge on any atom is 0.146 e. The number of ketones is 1. The average molecular weight is 141 g/mol. The predicted molar refractivity (Wildman–Crippen MR) is 35.7 cm³/mol. The summed E-state index contributed by atoms with van der Waals surface area (Å²) < 4.78 is 5.25. The largest absolute Gasteiger partial charge is 0.380 e. The highest BCUT2D eigenvalue weighted by atomic mass is 16.5. The SMILES string of the molecule is O=C1[C@@H]2CNC[C@H]1COC2. The normalized spacial score (nSPS) is 39.8. The highest BCUT2D eigenvalue weighted by molar-refractivity contribution is 5.85. The molecule has 0 saturated carbocycles. The summed E-state index contributed by atoms with van der Waals surface area (Å²) in [5, 5.41) is 3.22. The van der Waals surface area contributed by atoms with Gasteiger partial charge in [0.2, 0.25) is 0 Å². The van der Waals surface area contributed by atoms with Crippen molar-refractivity contribution in [2.24, 2.45) is 11.8 Å². The lowest BCUT2D eigenvalue weighted by Crippen LogP contribution is -2.51. The van der Waals surface area contributed by atoms with Gasteiger partial charge in [-0.3, -0.25) is 4.79 Å². The zero-order chi connectivity index (χ0) is 6.97. The van der Waals surface area contributed by atoms with E-state index in [1.54, 1.807) is 0 Å². The Morgan fingerprint density at radius 2 is 1.90 bits per heavy atom. The van der Waals surface area contributed by atoms with Gasteiger partial charge in [-0.15, -0.1) is 0 Å². The van der Waals surface area contributed by atoms with E-state index in [-0.39, 0.29) is 11.8 Å². The molecule has 2 saturated heterocycles. The molecular formula is C7H11NO2. The minimum absolute atomic E-state index is 0.146. The van der Waals surface area contributed by atoms with Crippen LogP contribution in [0.5, 0.6) is 0 Å². The number of carbonyl (C=O) groups is 1. The Kier molecular flexibility index (Phi) is 1.47. The number of hydrogen-bond donors (Lipinski definition) is 1. The second kappa shape index (κ2) is 2.32. The Morgan fingerprint density at radius 3 is 2.40 bits per heavy atom. The molecule has 2 rings (SSSR count). The molecule has 1 N–H and O–H groups in total. The van der Waals surface area contributed by atoms with Crippen LogP contribution in [-0.4, -0.2) is 32.1 Å². The van der Waals surface area contributed by atoms with E-state index in [1.165, 1.54) is 0 Å². The van der Waals surface area contributed by atoms with Gasteiger partial charge in [-0.1, -0.05) is 0 Å². The number of carbonyl (C=O) groups excluding carboxylic acids is 1. The summed E-state index contributed by atoms with van der Waals surface area (Å²) in [5.74, 6) is 0.699. The number of ether oxygens (including phenoxy) is 1. The highest BCUT2D eigenvalue weighted by Crippen LogP contribution is 2.17. The number of Topliss-reactive ketones (excluding diaryl/α,β-unsaturated/α-hetero) is 1. The third-order valence-corrected chi connectivity index (χ3v) is 2.22. The molecule has 0 aromatic carbocycles. The van der Waals surface area contributed by atoms with Crippen LogP contribution in [0.25, 0.3) is 0 Å². The lowest BCUT2D eigenvalue weighted by Gasteiger charge is -2.33. The second-order valence-electron chi connectivity index (χ2n) is 2.99. The summed E-state index contributed by atoms with van der Waals surface area (Å²) in [6.07, 6.45) is 0. The molecule has 0 aliphatic carbocycles. The Morgan fingerprint density at radius 1 is 1.30 bits per heavy atom. The molecule has 2 bridgehead atoms. The zero-order valence-corrected chi connectivity index (χ0v) is 5.80. The number of piperidine rings is 1. The second-order valence-corrected chi connectivity index (χ2v) is 2.99. The highest BCUT2D eigenvalue weighted by Gasteiger charge is 2.34. The molecular weight excluding hydrogens is 130 g/mol. The minimum Gasteiger partial charge on any atom is -0.380 e. The van der Waals surface area contributed by atoms with Gasteiger partial charge in [0.05, 0.1) is 25.0 Å². The van der Waals surface area contributed by atoms with Crippen LogP contribution < -0.4 is 5.32 Å². The average Bonchev–Trinajstić information content (AvgIpc) is 1.86. The smallest absolute Gasteiger partial charge is 0.146 e. The summed E-state index contributed by atoms with van der Waals surface area (Å²) >= 11 is 0. The third-order valence-electron chi connectivity index (χ3n) is 2.22. The monoisotopic (exact) mass is 141 g/mol. The fourth-order valence-corrected chi connectivity index (χ4v) is 1.60. The molecule has 2 atom stereocenters. The lowest BCUT2D eigenvalue weighted by atomic mass is 9.88. The van der Waals surface area contributed by atoms with Crippen molar-refractivity contribution in [3.05, 3.63) is 0 Å². The topological polar surface area (TPSA) is 38.3 Å². The fourth-order valence-electron chi connectivity index (χ4n) is 1.60. The van der Waals surface area contributed by atoms with Crippen molar-refractivity contribution in [1.82, 2.24) is 5.32 Å². The van der Waals surface area contributed by atoms with Crippen LogP contribution in [0.15, 0.2) is 0 Å². The molecule has 0 aromatic rings. The van der Waals surface area contributed by atoms with E-state index in [0.29, 0.717) is 19.0 Å². The van der Waals surface area contributed by atoms with E-state index in [0.717, 1.165) is 13.1 Å². The van der Waals surface area contributed by atoms with Gasteiger partial charge in [-0.2, -0.15) is 0 Å². The van der Waals surface area contributed by atoms with Crippen molar-refractivity contribution < 1.29 is 9.53 Å². The van der Waals surface area contributed by atoms with Gasteiger partial charge in [0.1, 0.15) is 5.78 Å². The summed E-state index contributed by atoms with van der Waals surface area (Å²) in [7, 11) is 0. The molecule has 2 fully saturated rings. The molecule has 3 nitrogen and oxygen atoms in total. The van der Waals surface area contributed by atoms with Crippen LogP contribution in [-0.2, 0) is 9.53 Å². The molecule has 0 spiro atoms. The van der Waals surface area contributed by atoms with E-state index in [2.05, 4.69) is 5.32 Å². The van der Waals surface area contributed by atoms with Gasteiger partial charge >= 0.3 is 0 Å². The van der Waals surface area contributed by atoms with Crippen molar-refractivity contribution in [2.45, 2.75) is 0 Å². The van der Waals surface area contributed by atoms with Crippen molar-refractivity contribution in [3.63, 3.8) is 0 Å². The maximum atomic E-state index is 11.3. The van der Waals surface area contributed by atoms with E-state index in [1.807, 2.05) is 0 Å². The van der Waals surface area contributed by atoms with Crippen molar-refractivity contribution in [1.29, 1.82) is 0 Å². The Balaban J connectivity index is 2.12. The Labute approximate surface area is 59.7 Å². The van der Waals surface area contributed by atoms with E-state index < -0.39 is 0 Å². The van der Waals surface area contributed by atoms with Crippen molar-refractivity contribution in [3.8, 4) is 0 Å². The standard InChI is InChI=1S/C7H11NO2/c9-7-5-1-8-2-6(7)4-10-3-5/h5-6,8H,1-4H2/t5-,6+. The van der Waals surface area contributed by atoms with Crippen LogP contribution in [0.2, 0.25) is 0 Å². The van der Waals surface area contributed by atoms with Crippen LogP contribution in [0.3, 0.4) is 0 Å². The molecule has 0 unspecified atom stereocenters. The molecule has 10 heavy (non-hydrogen) atoms. The van der Waals surface area contributed by atoms with Gasteiger partial charge in [-0.05, 0) is 0 Å². The first-order valence-corrected chi connectivity index (χ1v) is 3.70. The summed E-state index contributed by atoms with van der Waals surface area (Å²) in [5.41, 5.74) is 0. The van der Waals surface area contributed by atoms with Gasteiger partial charge in [0, 0.05) is 13.1 Å². The molecule has 2 aliphatic rings. The van der Waals surface area contributed by atoms with E-state index in [9.17, 15) is 4.79 Å². The molecule has 0 radical (unpaired) electrons. The summed E-state index contributed by atoms with van der Waals surface area (Å²) in [6.45, 7) is 2.88.